The van der Waals surface area contributed by atoms with Crippen molar-refractivity contribution < 1.29 is 9.47 Å². The number of nitrogens with one attached hydrogen (secondary N) is 1. The molecule has 1 N–H and O–H groups in total. The first-order valence-electron chi connectivity index (χ1n) is 6.41. The van der Waals surface area contributed by atoms with Gasteiger partial charge in [0.2, 0.25) is 0 Å². The Labute approximate surface area is 102 Å². The zero-order valence-electron chi connectivity index (χ0n) is 10.2. The van der Waals surface area contributed by atoms with E-state index >= 15 is 0 Å². The first-order chi connectivity index (χ1) is 8.36. The van der Waals surface area contributed by atoms with E-state index in [0.717, 1.165) is 18.1 Å². The number of methoxy groups -OCH3 is 1. The molecule has 2 heterocycles. The van der Waals surface area contributed by atoms with Crippen molar-refractivity contribution in [3.8, 4) is 11.5 Å². The Kier molecular flexibility index (Phi) is 2.93. The van der Waals surface area contributed by atoms with Crippen LogP contribution in [0.3, 0.4) is 0 Å². The molecule has 0 saturated carbocycles. The summed E-state index contributed by atoms with van der Waals surface area (Å²) in [7, 11) is 1.71. The van der Waals surface area contributed by atoms with Crippen molar-refractivity contribution in [1.82, 2.24) is 5.32 Å². The van der Waals surface area contributed by atoms with Crippen LogP contribution >= 0.6 is 0 Å². The highest BCUT2D eigenvalue weighted by Gasteiger charge is 2.28. The highest BCUT2D eigenvalue weighted by atomic mass is 16.5. The third kappa shape index (κ3) is 2.12. The topological polar surface area (TPSA) is 30.5 Å². The Hall–Kier alpha value is -1.22. The van der Waals surface area contributed by atoms with Crippen LogP contribution in [0.15, 0.2) is 18.2 Å². The summed E-state index contributed by atoms with van der Waals surface area (Å²) in [6.07, 6.45) is 3.79. The van der Waals surface area contributed by atoms with Gasteiger partial charge < -0.3 is 14.8 Å². The van der Waals surface area contributed by atoms with Crippen LogP contribution in [0.4, 0.5) is 0 Å². The Morgan fingerprint density at radius 3 is 3.18 bits per heavy atom. The Morgan fingerprint density at radius 2 is 2.41 bits per heavy atom. The number of fused-ring (bicyclic) bond motifs is 1. The zero-order chi connectivity index (χ0) is 11.7. The van der Waals surface area contributed by atoms with Crippen LogP contribution in [0.25, 0.3) is 0 Å². The van der Waals surface area contributed by atoms with Gasteiger partial charge in [0, 0.05) is 17.5 Å². The van der Waals surface area contributed by atoms with Crippen molar-refractivity contribution in [3.05, 3.63) is 23.8 Å². The predicted octanol–water partition coefficient (Wildman–Crippen LogP) is 2.31. The number of benzene rings is 1. The van der Waals surface area contributed by atoms with E-state index in [2.05, 4.69) is 11.4 Å². The first-order valence-corrected chi connectivity index (χ1v) is 6.41. The van der Waals surface area contributed by atoms with Crippen LogP contribution in [0.5, 0.6) is 11.5 Å². The molecule has 17 heavy (non-hydrogen) atoms. The van der Waals surface area contributed by atoms with E-state index in [1.54, 1.807) is 7.11 Å². The molecule has 3 heteroatoms. The standard InChI is InChI=1S/C14H19NO2/c1-16-12-4-5-14-13(8-12)10(9-17-14)7-11-3-2-6-15-11/h4-5,8,10-11,15H,2-3,6-7,9H2,1H3/t10?,11-/m1/s1. The molecule has 2 atom stereocenters. The van der Waals surface area contributed by atoms with Gasteiger partial charge in [-0.05, 0) is 44.0 Å². The smallest absolute Gasteiger partial charge is 0.123 e. The highest BCUT2D eigenvalue weighted by Crippen LogP contribution is 2.39. The van der Waals surface area contributed by atoms with Gasteiger partial charge >= 0.3 is 0 Å². The lowest BCUT2D eigenvalue weighted by molar-refractivity contribution is 0.315. The molecule has 1 aromatic carbocycles. The van der Waals surface area contributed by atoms with Gasteiger partial charge in [-0.2, -0.15) is 0 Å². The molecule has 3 rings (SSSR count). The molecule has 1 saturated heterocycles. The quantitative estimate of drug-likeness (QED) is 0.869. The molecule has 0 aromatic heterocycles. The monoisotopic (exact) mass is 233 g/mol. The average molecular weight is 233 g/mol. The van der Waals surface area contributed by atoms with E-state index in [4.69, 9.17) is 9.47 Å². The summed E-state index contributed by atoms with van der Waals surface area (Å²) >= 11 is 0. The minimum atomic E-state index is 0.524. The molecule has 1 aromatic rings. The van der Waals surface area contributed by atoms with Crippen LogP contribution in [0.2, 0.25) is 0 Å². The van der Waals surface area contributed by atoms with E-state index < -0.39 is 0 Å². The maximum absolute atomic E-state index is 5.74. The summed E-state index contributed by atoms with van der Waals surface area (Å²) in [6, 6.07) is 6.79. The molecule has 0 aliphatic carbocycles. The van der Waals surface area contributed by atoms with Crippen LogP contribution in [-0.2, 0) is 0 Å². The molecule has 0 spiro atoms. The second-order valence-electron chi connectivity index (χ2n) is 4.94. The third-order valence-electron chi connectivity index (χ3n) is 3.83. The van der Waals surface area contributed by atoms with Gasteiger partial charge in [0.15, 0.2) is 0 Å². The minimum Gasteiger partial charge on any atom is -0.497 e. The van der Waals surface area contributed by atoms with E-state index in [9.17, 15) is 0 Å². The Morgan fingerprint density at radius 1 is 1.47 bits per heavy atom. The molecule has 1 fully saturated rings. The van der Waals surface area contributed by atoms with Crippen LogP contribution < -0.4 is 14.8 Å². The number of ether oxygens (including phenoxy) is 2. The summed E-state index contributed by atoms with van der Waals surface area (Å²) in [4.78, 5) is 0. The minimum absolute atomic E-state index is 0.524. The fourth-order valence-corrected chi connectivity index (χ4v) is 2.88. The second-order valence-corrected chi connectivity index (χ2v) is 4.94. The van der Waals surface area contributed by atoms with Crippen molar-refractivity contribution in [2.24, 2.45) is 0 Å². The molecular formula is C14H19NO2. The summed E-state index contributed by atoms with van der Waals surface area (Å²) in [5, 5.41) is 3.56. The lowest BCUT2D eigenvalue weighted by Crippen LogP contribution is -2.24. The highest BCUT2D eigenvalue weighted by molar-refractivity contribution is 5.45. The van der Waals surface area contributed by atoms with E-state index in [1.807, 2.05) is 12.1 Å². The molecule has 0 bridgehead atoms. The van der Waals surface area contributed by atoms with Gasteiger partial charge in [0.25, 0.3) is 0 Å². The Balaban J connectivity index is 1.76. The normalized spacial score (nSPS) is 26.6. The molecular weight excluding hydrogens is 214 g/mol. The maximum atomic E-state index is 5.74. The molecule has 0 radical (unpaired) electrons. The van der Waals surface area contributed by atoms with Gasteiger partial charge in [-0.15, -0.1) is 0 Å². The first kappa shape index (κ1) is 10.9. The van der Waals surface area contributed by atoms with Crippen molar-refractivity contribution in [3.63, 3.8) is 0 Å². The largest absolute Gasteiger partial charge is 0.497 e. The fraction of sp³-hybridized carbons (Fsp3) is 0.571. The second kappa shape index (κ2) is 4.57. The molecule has 2 aliphatic rings. The molecule has 2 aliphatic heterocycles. The summed E-state index contributed by atoms with van der Waals surface area (Å²) in [6.45, 7) is 1.99. The summed E-state index contributed by atoms with van der Waals surface area (Å²) in [5.41, 5.74) is 1.32. The van der Waals surface area contributed by atoms with Crippen LogP contribution in [-0.4, -0.2) is 26.3 Å². The predicted molar refractivity (Wildman–Crippen MR) is 66.9 cm³/mol. The summed E-state index contributed by atoms with van der Waals surface area (Å²) in [5.74, 6) is 2.49. The van der Waals surface area contributed by atoms with Crippen molar-refractivity contribution in [1.29, 1.82) is 0 Å². The molecule has 1 unspecified atom stereocenters. The summed E-state index contributed by atoms with van der Waals surface area (Å²) < 4.78 is 11.0. The van der Waals surface area contributed by atoms with Gasteiger partial charge in [-0.3, -0.25) is 0 Å². The molecule has 92 valence electrons. The average Bonchev–Trinajstić information content (AvgIpc) is 2.99. The lowest BCUT2D eigenvalue weighted by Gasteiger charge is -2.15. The zero-order valence-corrected chi connectivity index (χ0v) is 10.2. The van der Waals surface area contributed by atoms with Crippen LogP contribution in [0, 0.1) is 0 Å². The van der Waals surface area contributed by atoms with Crippen LogP contribution in [0.1, 0.15) is 30.7 Å². The van der Waals surface area contributed by atoms with Crippen molar-refractivity contribution in [2.75, 3.05) is 20.3 Å². The number of rotatable bonds is 3. The lowest BCUT2D eigenvalue weighted by atomic mass is 9.93. The molecule has 3 nitrogen and oxygen atoms in total. The van der Waals surface area contributed by atoms with Gasteiger partial charge in [0.05, 0.1) is 13.7 Å². The van der Waals surface area contributed by atoms with E-state index in [0.29, 0.717) is 12.0 Å². The van der Waals surface area contributed by atoms with Gasteiger partial charge in [0.1, 0.15) is 11.5 Å². The molecule has 0 amide bonds. The number of hydrogen-bond donors (Lipinski definition) is 1. The Bertz CT molecular complexity index is 399. The number of hydrogen-bond acceptors (Lipinski definition) is 3. The SMILES string of the molecule is COc1ccc2c(c1)C(C[C@H]1CCCN1)CO2. The van der Waals surface area contributed by atoms with E-state index in [-0.39, 0.29) is 0 Å². The fourth-order valence-electron chi connectivity index (χ4n) is 2.88. The van der Waals surface area contributed by atoms with Gasteiger partial charge in [-0.1, -0.05) is 0 Å². The van der Waals surface area contributed by atoms with Crippen molar-refractivity contribution in [2.45, 2.75) is 31.2 Å². The maximum Gasteiger partial charge on any atom is 0.123 e. The van der Waals surface area contributed by atoms with E-state index in [1.165, 1.54) is 31.4 Å². The van der Waals surface area contributed by atoms with Crippen molar-refractivity contribution >= 4 is 0 Å². The van der Waals surface area contributed by atoms with Gasteiger partial charge in [-0.25, -0.2) is 0 Å². The third-order valence-corrected chi connectivity index (χ3v) is 3.83.